The summed E-state index contributed by atoms with van der Waals surface area (Å²) in [4.78, 5) is 2.07. The fraction of sp³-hybridized carbons (Fsp3) is 0.133. The van der Waals surface area contributed by atoms with Gasteiger partial charge in [0.1, 0.15) is 0 Å². The van der Waals surface area contributed by atoms with Crippen molar-refractivity contribution in [2.75, 3.05) is 0 Å². The number of aliphatic hydroxyl groups is 2. The molecular formula is C30H22O2S4. The fourth-order valence-corrected chi connectivity index (χ4v) is 9.90. The molecule has 0 saturated heterocycles. The predicted molar refractivity (Wildman–Crippen MR) is 158 cm³/mol. The van der Waals surface area contributed by atoms with Gasteiger partial charge in [0, 0.05) is 52.2 Å². The number of aliphatic hydroxyl groups excluding tert-OH is 2. The molecule has 7 aromatic rings. The lowest BCUT2D eigenvalue weighted by atomic mass is 10.1. The molecule has 0 bridgehead atoms. The molecule has 0 saturated carbocycles. The summed E-state index contributed by atoms with van der Waals surface area (Å²) >= 11 is 7.05. The Kier molecular flexibility index (Phi) is 5.69. The Morgan fingerprint density at radius 2 is 0.917 bits per heavy atom. The van der Waals surface area contributed by atoms with Crippen LogP contribution in [0.4, 0.5) is 0 Å². The quantitative estimate of drug-likeness (QED) is 0.220. The first-order chi connectivity index (χ1) is 17.6. The number of thiophene rings is 4. The zero-order valence-corrected chi connectivity index (χ0v) is 22.4. The van der Waals surface area contributed by atoms with E-state index in [0.29, 0.717) is 12.8 Å². The lowest BCUT2D eigenvalue weighted by molar-refractivity contribution is 0.182. The molecular weight excluding hydrogens is 521 g/mol. The van der Waals surface area contributed by atoms with Crippen molar-refractivity contribution in [3.63, 3.8) is 0 Å². The monoisotopic (exact) mass is 542 g/mol. The first kappa shape index (κ1) is 22.6. The second-order valence-corrected chi connectivity index (χ2v) is 13.5. The van der Waals surface area contributed by atoms with Crippen LogP contribution in [-0.2, 0) is 12.8 Å². The molecule has 0 amide bonds. The summed E-state index contributed by atoms with van der Waals surface area (Å²) in [5, 5.41) is 24.3. The molecule has 7 rings (SSSR count). The molecule has 4 aromatic heterocycles. The molecule has 36 heavy (non-hydrogen) atoms. The van der Waals surface area contributed by atoms with Gasteiger partial charge in [-0.05, 0) is 35.4 Å². The van der Waals surface area contributed by atoms with Crippen LogP contribution in [0.25, 0.3) is 39.0 Å². The maximum absolute atomic E-state index is 10.9. The van der Waals surface area contributed by atoms with E-state index in [2.05, 4.69) is 48.5 Å². The van der Waals surface area contributed by atoms with E-state index in [1.54, 1.807) is 22.7 Å². The van der Waals surface area contributed by atoms with Gasteiger partial charge in [-0.2, -0.15) is 0 Å². The van der Waals surface area contributed by atoms with Crippen LogP contribution in [0.15, 0.2) is 84.9 Å². The average molecular weight is 543 g/mol. The van der Waals surface area contributed by atoms with Crippen molar-refractivity contribution >= 4 is 84.3 Å². The molecule has 6 heteroatoms. The molecule has 0 spiro atoms. The van der Waals surface area contributed by atoms with E-state index in [-0.39, 0.29) is 0 Å². The Bertz CT molecular complexity index is 1690. The van der Waals surface area contributed by atoms with Crippen LogP contribution in [0.2, 0.25) is 0 Å². The molecule has 0 aliphatic carbocycles. The molecule has 2 nitrogen and oxygen atoms in total. The van der Waals surface area contributed by atoms with Crippen molar-refractivity contribution in [2.24, 2.45) is 0 Å². The van der Waals surface area contributed by atoms with Crippen molar-refractivity contribution in [2.45, 2.75) is 25.0 Å². The fourth-order valence-electron chi connectivity index (χ4n) is 4.84. The molecule has 0 aliphatic heterocycles. The minimum absolute atomic E-state index is 0.483. The second-order valence-electron chi connectivity index (χ2n) is 9.14. The predicted octanol–water partition coefficient (Wildman–Crippen LogP) is 9.10. The van der Waals surface area contributed by atoms with Crippen molar-refractivity contribution in [3.8, 4) is 0 Å². The van der Waals surface area contributed by atoms with E-state index in [9.17, 15) is 10.2 Å². The van der Waals surface area contributed by atoms with Gasteiger partial charge in [-0.3, -0.25) is 0 Å². The smallest absolute Gasteiger partial charge is 0.0922 e. The van der Waals surface area contributed by atoms with Gasteiger partial charge < -0.3 is 10.2 Å². The molecule has 2 N–H and O–H groups in total. The SMILES string of the molecule is OC(Cc1ccccc1)c1cc2sc3cc4c(cc3c2s1)sc1cc(C(O)Cc2ccccc2)sc14. The van der Waals surface area contributed by atoms with Crippen molar-refractivity contribution in [1.29, 1.82) is 0 Å². The van der Waals surface area contributed by atoms with Gasteiger partial charge in [0.2, 0.25) is 0 Å². The van der Waals surface area contributed by atoms with Crippen LogP contribution >= 0.6 is 45.3 Å². The molecule has 0 fully saturated rings. The Balaban J connectivity index is 1.22. The zero-order chi connectivity index (χ0) is 24.2. The van der Waals surface area contributed by atoms with Crippen molar-refractivity contribution in [3.05, 3.63) is 106 Å². The molecule has 3 aromatic carbocycles. The number of hydrogen-bond acceptors (Lipinski definition) is 6. The Hall–Kier alpha value is -2.58. The van der Waals surface area contributed by atoms with Gasteiger partial charge in [-0.1, -0.05) is 60.7 Å². The topological polar surface area (TPSA) is 40.5 Å². The van der Waals surface area contributed by atoms with E-state index in [1.165, 1.54) is 39.0 Å². The maximum Gasteiger partial charge on any atom is 0.0922 e. The highest BCUT2D eigenvalue weighted by Gasteiger charge is 2.19. The molecule has 2 unspecified atom stereocenters. The Morgan fingerprint density at radius 1 is 0.500 bits per heavy atom. The van der Waals surface area contributed by atoms with Crippen LogP contribution in [0.3, 0.4) is 0 Å². The highest BCUT2D eigenvalue weighted by Crippen LogP contribution is 2.47. The van der Waals surface area contributed by atoms with Crippen LogP contribution in [0.5, 0.6) is 0 Å². The van der Waals surface area contributed by atoms with Crippen molar-refractivity contribution < 1.29 is 10.2 Å². The van der Waals surface area contributed by atoms with E-state index < -0.39 is 12.2 Å². The average Bonchev–Trinajstić information content (AvgIpc) is 3.63. The summed E-state index contributed by atoms with van der Waals surface area (Å²) in [5.41, 5.74) is 2.31. The summed E-state index contributed by atoms with van der Waals surface area (Å²) < 4.78 is 7.61. The summed E-state index contributed by atoms with van der Waals surface area (Å²) in [6.07, 6.45) is 0.305. The first-order valence-corrected chi connectivity index (χ1v) is 15.1. The Labute approximate surface area is 224 Å². The molecule has 4 heterocycles. The van der Waals surface area contributed by atoms with Gasteiger partial charge in [-0.15, -0.1) is 45.3 Å². The van der Waals surface area contributed by atoms with Gasteiger partial charge in [0.15, 0.2) is 0 Å². The highest BCUT2D eigenvalue weighted by atomic mass is 32.1. The number of hydrogen-bond donors (Lipinski definition) is 2. The Morgan fingerprint density at radius 3 is 1.33 bits per heavy atom. The third-order valence-corrected chi connectivity index (χ3v) is 11.6. The summed E-state index contributed by atoms with van der Waals surface area (Å²) in [6, 6.07) is 29.4. The second kappa shape index (κ2) is 9.06. The highest BCUT2D eigenvalue weighted by molar-refractivity contribution is 7.34. The lowest BCUT2D eigenvalue weighted by Gasteiger charge is -2.08. The van der Waals surface area contributed by atoms with Crippen LogP contribution < -0.4 is 0 Å². The van der Waals surface area contributed by atoms with Gasteiger partial charge in [-0.25, -0.2) is 0 Å². The standard InChI is InChI=1S/C30H22O2S4/c31-21(11-17-7-3-1-4-8-17)25-15-27-29(35-25)19-13-24-20(14-23(19)33-27)30-28(34-24)16-26(36-30)22(32)12-18-9-5-2-6-10-18/h1-10,13-16,21-22,31-32H,11-12H2. The summed E-state index contributed by atoms with van der Waals surface area (Å²) in [5.74, 6) is 0. The van der Waals surface area contributed by atoms with Crippen molar-refractivity contribution in [1.82, 2.24) is 0 Å². The van der Waals surface area contributed by atoms with Gasteiger partial charge in [0.25, 0.3) is 0 Å². The number of benzene rings is 3. The van der Waals surface area contributed by atoms with E-state index in [1.807, 2.05) is 59.1 Å². The minimum Gasteiger partial charge on any atom is -0.387 e. The maximum atomic E-state index is 10.9. The first-order valence-electron chi connectivity index (χ1n) is 11.9. The van der Waals surface area contributed by atoms with Gasteiger partial charge >= 0.3 is 0 Å². The van der Waals surface area contributed by atoms with Crippen LogP contribution in [0.1, 0.15) is 33.1 Å². The van der Waals surface area contributed by atoms with Gasteiger partial charge in [0.05, 0.1) is 21.6 Å². The summed E-state index contributed by atoms with van der Waals surface area (Å²) in [7, 11) is 0. The molecule has 178 valence electrons. The van der Waals surface area contributed by atoms with Crippen LogP contribution in [-0.4, -0.2) is 10.2 Å². The lowest BCUT2D eigenvalue weighted by Crippen LogP contribution is -1.98. The summed E-state index contributed by atoms with van der Waals surface area (Å²) in [6.45, 7) is 0. The van der Waals surface area contributed by atoms with E-state index in [4.69, 9.17) is 0 Å². The van der Waals surface area contributed by atoms with E-state index in [0.717, 1.165) is 20.9 Å². The number of rotatable bonds is 6. The molecule has 0 aliphatic rings. The van der Waals surface area contributed by atoms with Crippen LogP contribution in [0, 0.1) is 0 Å². The zero-order valence-electron chi connectivity index (χ0n) is 19.2. The minimum atomic E-state index is -0.483. The third kappa shape index (κ3) is 3.98. The third-order valence-electron chi connectivity index (χ3n) is 6.65. The largest absolute Gasteiger partial charge is 0.387 e. The molecule has 0 radical (unpaired) electrons. The normalized spacial score (nSPS) is 13.8. The van der Waals surface area contributed by atoms with E-state index >= 15 is 0 Å². The molecule has 2 atom stereocenters. The number of fused-ring (bicyclic) bond motifs is 6.